The van der Waals surface area contributed by atoms with Crippen molar-refractivity contribution in [3.63, 3.8) is 0 Å². The second-order valence-corrected chi connectivity index (χ2v) is 5.07. The van der Waals surface area contributed by atoms with Crippen molar-refractivity contribution in [2.24, 2.45) is 7.05 Å². The average Bonchev–Trinajstić information content (AvgIpc) is 3.03. The molecule has 7 nitrogen and oxygen atoms in total. The summed E-state index contributed by atoms with van der Waals surface area (Å²) in [5.41, 5.74) is 1.04. The summed E-state index contributed by atoms with van der Waals surface area (Å²) in [6.07, 6.45) is 3.78. The van der Waals surface area contributed by atoms with E-state index >= 15 is 0 Å². The summed E-state index contributed by atoms with van der Waals surface area (Å²) in [4.78, 5) is 27.0. The van der Waals surface area contributed by atoms with E-state index < -0.39 is 17.9 Å². The summed E-state index contributed by atoms with van der Waals surface area (Å²) in [6.45, 7) is 1.70. The minimum Gasteiger partial charge on any atom is -0.480 e. The van der Waals surface area contributed by atoms with Crippen molar-refractivity contribution in [3.8, 4) is 10.6 Å². The lowest BCUT2D eigenvalue weighted by molar-refractivity contribution is -0.139. The number of carboxylic acid groups (broad SMARTS) is 1. The minimum atomic E-state index is -1.05. The number of rotatable bonds is 5. The van der Waals surface area contributed by atoms with Crippen LogP contribution < -0.4 is 5.32 Å². The van der Waals surface area contributed by atoms with Gasteiger partial charge in [0.2, 0.25) is 0 Å². The summed E-state index contributed by atoms with van der Waals surface area (Å²) in [5.74, 6) is -1.53. The first-order valence-corrected chi connectivity index (χ1v) is 6.87. The number of carbonyl (C=O) groups is 2. The summed E-state index contributed by atoms with van der Waals surface area (Å²) in [5, 5.41) is 17.7. The Morgan fingerprint density at radius 3 is 2.85 bits per heavy atom. The highest BCUT2D eigenvalue weighted by molar-refractivity contribution is 7.13. The Morgan fingerprint density at radius 1 is 1.55 bits per heavy atom. The Morgan fingerprint density at radius 2 is 2.30 bits per heavy atom. The van der Waals surface area contributed by atoms with Gasteiger partial charge < -0.3 is 10.4 Å². The molecule has 0 aromatic carbocycles. The average molecular weight is 294 g/mol. The number of aryl methyl sites for hydroxylation is 1. The second-order valence-electron chi connectivity index (χ2n) is 4.21. The molecule has 0 aliphatic rings. The highest BCUT2D eigenvalue weighted by atomic mass is 32.1. The van der Waals surface area contributed by atoms with Crippen LogP contribution >= 0.6 is 11.3 Å². The Hall–Kier alpha value is -2.22. The molecule has 0 spiro atoms. The standard InChI is InChI=1S/C12H14N4O3S/c1-3-8(12(18)19)14-10(17)9-6-20-11(15-9)7-4-13-16(2)5-7/h4-6,8H,3H2,1-2H3,(H,14,17)(H,18,19). The summed E-state index contributed by atoms with van der Waals surface area (Å²) in [6, 6.07) is -0.897. The molecular formula is C12H14N4O3S. The van der Waals surface area contributed by atoms with Crippen molar-refractivity contribution in [2.75, 3.05) is 0 Å². The number of amides is 1. The fraction of sp³-hybridized carbons (Fsp3) is 0.333. The van der Waals surface area contributed by atoms with Crippen molar-refractivity contribution >= 4 is 23.2 Å². The maximum atomic E-state index is 11.9. The third-order valence-electron chi connectivity index (χ3n) is 2.70. The first-order valence-electron chi connectivity index (χ1n) is 5.99. The van der Waals surface area contributed by atoms with Gasteiger partial charge in [-0.1, -0.05) is 6.92 Å². The Kier molecular flexibility index (Phi) is 4.14. The molecule has 106 valence electrons. The van der Waals surface area contributed by atoms with Crippen LogP contribution in [0.2, 0.25) is 0 Å². The molecule has 1 atom stereocenters. The molecule has 1 unspecified atom stereocenters. The largest absolute Gasteiger partial charge is 0.480 e. The summed E-state index contributed by atoms with van der Waals surface area (Å²) in [7, 11) is 1.80. The molecule has 2 N–H and O–H groups in total. The second kappa shape index (κ2) is 5.83. The highest BCUT2D eigenvalue weighted by Crippen LogP contribution is 2.22. The number of thiazole rings is 1. The van der Waals surface area contributed by atoms with Gasteiger partial charge in [0.1, 0.15) is 16.7 Å². The van der Waals surface area contributed by atoms with E-state index in [1.165, 1.54) is 11.3 Å². The zero-order chi connectivity index (χ0) is 14.7. The number of aliphatic carboxylic acids is 1. The summed E-state index contributed by atoms with van der Waals surface area (Å²) < 4.78 is 1.65. The van der Waals surface area contributed by atoms with Crippen LogP contribution in [0.1, 0.15) is 23.8 Å². The van der Waals surface area contributed by atoms with Gasteiger partial charge in [0.05, 0.1) is 6.20 Å². The van der Waals surface area contributed by atoms with E-state index in [4.69, 9.17) is 5.11 Å². The highest BCUT2D eigenvalue weighted by Gasteiger charge is 2.20. The molecule has 0 bridgehead atoms. The smallest absolute Gasteiger partial charge is 0.326 e. The van der Waals surface area contributed by atoms with Gasteiger partial charge in [-0.05, 0) is 6.42 Å². The monoisotopic (exact) mass is 294 g/mol. The molecule has 2 heterocycles. The molecule has 2 rings (SSSR count). The van der Waals surface area contributed by atoms with E-state index in [0.29, 0.717) is 11.4 Å². The Balaban J connectivity index is 2.12. The molecule has 1 amide bonds. The van der Waals surface area contributed by atoms with Gasteiger partial charge >= 0.3 is 5.97 Å². The van der Waals surface area contributed by atoms with Gasteiger partial charge in [0.25, 0.3) is 5.91 Å². The van der Waals surface area contributed by atoms with Gasteiger partial charge in [-0.15, -0.1) is 11.3 Å². The third kappa shape index (κ3) is 3.02. The number of nitrogens with zero attached hydrogens (tertiary/aromatic N) is 3. The lowest BCUT2D eigenvalue weighted by atomic mass is 10.2. The van der Waals surface area contributed by atoms with Gasteiger partial charge in [-0.3, -0.25) is 9.48 Å². The predicted octanol–water partition coefficient (Wildman–Crippen LogP) is 1.14. The Bertz CT molecular complexity index is 634. The maximum Gasteiger partial charge on any atom is 0.326 e. The van der Waals surface area contributed by atoms with Crippen molar-refractivity contribution in [3.05, 3.63) is 23.5 Å². The molecule has 0 aliphatic carbocycles. The van der Waals surface area contributed by atoms with E-state index in [1.54, 1.807) is 36.4 Å². The maximum absolute atomic E-state index is 11.9. The van der Waals surface area contributed by atoms with Gasteiger partial charge in [-0.25, -0.2) is 9.78 Å². The van der Waals surface area contributed by atoms with Crippen LogP contribution in [-0.4, -0.2) is 37.8 Å². The van der Waals surface area contributed by atoms with E-state index in [2.05, 4.69) is 15.4 Å². The number of nitrogens with one attached hydrogen (secondary N) is 1. The quantitative estimate of drug-likeness (QED) is 0.861. The number of hydrogen-bond donors (Lipinski definition) is 2. The predicted molar refractivity (Wildman–Crippen MR) is 73.5 cm³/mol. The Labute approximate surface area is 119 Å². The van der Waals surface area contributed by atoms with Crippen molar-refractivity contribution in [2.45, 2.75) is 19.4 Å². The molecule has 20 heavy (non-hydrogen) atoms. The van der Waals surface area contributed by atoms with Crippen molar-refractivity contribution in [1.29, 1.82) is 0 Å². The fourth-order valence-electron chi connectivity index (χ4n) is 1.61. The van der Waals surface area contributed by atoms with E-state index in [9.17, 15) is 9.59 Å². The molecular weight excluding hydrogens is 280 g/mol. The van der Waals surface area contributed by atoms with E-state index in [0.717, 1.165) is 5.56 Å². The molecule has 8 heteroatoms. The van der Waals surface area contributed by atoms with Crippen molar-refractivity contribution in [1.82, 2.24) is 20.1 Å². The zero-order valence-corrected chi connectivity index (χ0v) is 11.8. The van der Waals surface area contributed by atoms with Crippen LogP contribution in [0.4, 0.5) is 0 Å². The van der Waals surface area contributed by atoms with Crippen LogP contribution in [-0.2, 0) is 11.8 Å². The number of carbonyl (C=O) groups excluding carboxylic acids is 1. The van der Waals surface area contributed by atoms with Gasteiger partial charge in [0.15, 0.2) is 0 Å². The molecule has 2 aromatic heterocycles. The molecule has 0 radical (unpaired) electrons. The minimum absolute atomic E-state index is 0.216. The summed E-state index contributed by atoms with van der Waals surface area (Å²) >= 11 is 1.31. The van der Waals surface area contributed by atoms with E-state index in [-0.39, 0.29) is 5.69 Å². The molecule has 0 saturated heterocycles. The third-order valence-corrected chi connectivity index (χ3v) is 3.59. The first kappa shape index (κ1) is 14.2. The first-order chi connectivity index (χ1) is 9.51. The molecule has 2 aromatic rings. The van der Waals surface area contributed by atoms with Crippen LogP contribution in [0.15, 0.2) is 17.8 Å². The number of carboxylic acids is 1. The SMILES string of the molecule is CCC(NC(=O)c1csc(-c2cnn(C)c2)n1)C(=O)O. The van der Waals surface area contributed by atoms with Gasteiger partial charge in [0, 0.05) is 24.2 Å². The lowest BCUT2D eigenvalue weighted by Crippen LogP contribution is -2.40. The molecule has 0 aliphatic heterocycles. The van der Waals surface area contributed by atoms with Gasteiger partial charge in [-0.2, -0.15) is 5.10 Å². The van der Waals surface area contributed by atoms with Crippen molar-refractivity contribution < 1.29 is 14.7 Å². The van der Waals surface area contributed by atoms with E-state index in [1.807, 2.05) is 0 Å². The number of hydrogen-bond acceptors (Lipinski definition) is 5. The van der Waals surface area contributed by atoms with Crippen LogP contribution in [0, 0.1) is 0 Å². The fourth-order valence-corrected chi connectivity index (χ4v) is 2.39. The van der Waals surface area contributed by atoms with Crippen LogP contribution in [0.5, 0.6) is 0 Å². The lowest BCUT2D eigenvalue weighted by Gasteiger charge is -2.10. The topological polar surface area (TPSA) is 97.1 Å². The molecule has 0 saturated carbocycles. The zero-order valence-electron chi connectivity index (χ0n) is 11.0. The molecule has 0 fully saturated rings. The normalized spacial score (nSPS) is 12.1. The van der Waals surface area contributed by atoms with Crippen LogP contribution in [0.25, 0.3) is 10.6 Å². The van der Waals surface area contributed by atoms with Crippen LogP contribution in [0.3, 0.4) is 0 Å². The number of aromatic nitrogens is 3.